The van der Waals surface area contributed by atoms with Gasteiger partial charge in [0.25, 0.3) is 11.8 Å². The predicted octanol–water partition coefficient (Wildman–Crippen LogP) is 5.87. The molecule has 8 heteroatoms. The molecule has 0 fully saturated rings. The first-order valence-electron chi connectivity index (χ1n) is 10.4. The molecule has 1 N–H and O–H groups in total. The molecule has 3 aromatic rings. The van der Waals surface area contributed by atoms with Crippen LogP contribution in [0.15, 0.2) is 71.4 Å². The first kappa shape index (κ1) is 24.0. The third kappa shape index (κ3) is 4.58. The van der Waals surface area contributed by atoms with Gasteiger partial charge in [-0.25, -0.2) is 9.69 Å². The molecule has 3 aromatic carbocycles. The normalized spacial score (nSPS) is 13.5. The van der Waals surface area contributed by atoms with Crippen molar-refractivity contribution < 1.29 is 19.1 Å². The summed E-state index contributed by atoms with van der Waals surface area (Å²) in [7, 11) is 0. The van der Waals surface area contributed by atoms with E-state index in [1.807, 2.05) is 51.1 Å². The Morgan fingerprint density at radius 3 is 2.18 bits per heavy atom. The third-order valence-corrected chi connectivity index (χ3v) is 6.44. The molecule has 0 aliphatic carbocycles. The standard InChI is InChI=1S/C26H20ClIN2O4/c1-14-5-4-6-15(2)23(14)34-26(33)17-7-10-19(11-8-17)29-22-21(27)24(31)30(25(22)32)20-12-9-18(28)13-16(20)3/h4-13,29H,1-3H3. The van der Waals surface area contributed by atoms with E-state index < -0.39 is 17.8 Å². The zero-order valence-electron chi connectivity index (χ0n) is 18.6. The van der Waals surface area contributed by atoms with E-state index >= 15 is 0 Å². The summed E-state index contributed by atoms with van der Waals surface area (Å²) >= 11 is 8.40. The lowest BCUT2D eigenvalue weighted by Gasteiger charge is -2.17. The number of esters is 1. The largest absolute Gasteiger partial charge is 0.422 e. The van der Waals surface area contributed by atoms with Crippen molar-refractivity contribution in [2.75, 3.05) is 10.2 Å². The Morgan fingerprint density at radius 1 is 0.912 bits per heavy atom. The van der Waals surface area contributed by atoms with Gasteiger partial charge in [-0.15, -0.1) is 0 Å². The van der Waals surface area contributed by atoms with Gasteiger partial charge in [-0.2, -0.15) is 0 Å². The van der Waals surface area contributed by atoms with Crippen molar-refractivity contribution in [1.82, 2.24) is 0 Å². The van der Waals surface area contributed by atoms with Gasteiger partial charge in [-0.3, -0.25) is 9.59 Å². The van der Waals surface area contributed by atoms with Crippen LogP contribution in [0.2, 0.25) is 0 Å². The van der Waals surface area contributed by atoms with Crippen molar-refractivity contribution in [2.45, 2.75) is 20.8 Å². The Kier molecular flexibility index (Phi) is 6.77. The summed E-state index contributed by atoms with van der Waals surface area (Å²) in [5.74, 6) is -1.09. The van der Waals surface area contributed by atoms with Crippen LogP contribution in [0, 0.1) is 24.3 Å². The number of rotatable bonds is 5. The second-order valence-corrected chi connectivity index (χ2v) is 9.50. The van der Waals surface area contributed by atoms with Crippen LogP contribution in [0.4, 0.5) is 11.4 Å². The quantitative estimate of drug-likeness (QED) is 0.175. The maximum Gasteiger partial charge on any atom is 0.343 e. The van der Waals surface area contributed by atoms with E-state index in [1.165, 1.54) is 0 Å². The van der Waals surface area contributed by atoms with Crippen LogP contribution in [-0.2, 0) is 9.59 Å². The van der Waals surface area contributed by atoms with Gasteiger partial charge in [0, 0.05) is 9.26 Å². The van der Waals surface area contributed by atoms with Gasteiger partial charge in [-0.1, -0.05) is 29.8 Å². The van der Waals surface area contributed by atoms with E-state index in [0.717, 1.165) is 25.2 Å². The fraction of sp³-hybridized carbons (Fsp3) is 0.115. The molecule has 0 aromatic heterocycles. The molecule has 1 aliphatic rings. The monoisotopic (exact) mass is 586 g/mol. The molecule has 0 unspecified atom stereocenters. The number of hydrogen-bond acceptors (Lipinski definition) is 5. The maximum atomic E-state index is 13.0. The Labute approximate surface area is 215 Å². The van der Waals surface area contributed by atoms with Gasteiger partial charge >= 0.3 is 5.97 Å². The van der Waals surface area contributed by atoms with Gasteiger partial charge in [0.05, 0.1) is 11.3 Å². The molecule has 34 heavy (non-hydrogen) atoms. The summed E-state index contributed by atoms with van der Waals surface area (Å²) in [6.45, 7) is 5.58. The van der Waals surface area contributed by atoms with Crippen LogP contribution in [0.1, 0.15) is 27.0 Å². The SMILES string of the molecule is Cc1cc(I)ccc1N1C(=O)C(Cl)=C(Nc2ccc(C(=O)Oc3c(C)cccc3C)cc2)C1=O. The molecule has 0 radical (unpaired) electrons. The number of benzene rings is 3. The number of aryl methyl sites for hydroxylation is 3. The van der Waals surface area contributed by atoms with Crippen molar-refractivity contribution in [3.05, 3.63) is 97.2 Å². The minimum absolute atomic E-state index is 0.0181. The molecule has 1 aliphatic heterocycles. The molecule has 0 saturated carbocycles. The smallest absolute Gasteiger partial charge is 0.343 e. The highest BCUT2D eigenvalue weighted by Crippen LogP contribution is 2.32. The van der Waals surface area contributed by atoms with Crippen LogP contribution in [-0.4, -0.2) is 17.8 Å². The first-order chi connectivity index (χ1) is 16.2. The van der Waals surface area contributed by atoms with E-state index in [9.17, 15) is 14.4 Å². The molecule has 0 bridgehead atoms. The summed E-state index contributed by atoms with van der Waals surface area (Å²) in [6, 6.07) is 17.5. The Morgan fingerprint density at radius 2 is 1.56 bits per heavy atom. The van der Waals surface area contributed by atoms with Gasteiger partial charge in [0.2, 0.25) is 0 Å². The lowest BCUT2D eigenvalue weighted by atomic mass is 10.1. The maximum absolute atomic E-state index is 13.0. The molecule has 0 spiro atoms. The van der Waals surface area contributed by atoms with Crippen LogP contribution < -0.4 is 15.0 Å². The second kappa shape index (κ2) is 9.60. The number of amides is 2. The van der Waals surface area contributed by atoms with E-state index in [1.54, 1.807) is 30.3 Å². The Balaban J connectivity index is 1.51. The number of para-hydroxylation sites is 1. The Bertz CT molecular complexity index is 1350. The number of hydrogen-bond donors (Lipinski definition) is 1. The molecule has 6 nitrogen and oxygen atoms in total. The number of imide groups is 1. The average Bonchev–Trinajstić information content (AvgIpc) is 3.00. The second-order valence-electron chi connectivity index (χ2n) is 7.88. The molecule has 0 saturated heterocycles. The minimum atomic E-state index is -0.590. The van der Waals surface area contributed by atoms with Crippen molar-refractivity contribution in [2.24, 2.45) is 0 Å². The minimum Gasteiger partial charge on any atom is -0.422 e. The molecule has 1 heterocycles. The highest BCUT2D eigenvalue weighted by atomic mass is 127. The van der Waals surface area contributed by atoms with Gasteiger partial charge < -0.3 is 10.1 Å². The van der Waals surface area contributed by atoms with Gasteiger partial charge in [-0.05, 0) is 103 Å². The number of halogens is 2. The molecular weight excluding hydrogens is 567 g/mol. The van der Waals surface area contributed by atoms with Crippen LogP contribution in [0.5, 0.6) is 5.75 Å². The van der Waals surface area contributed by atoms with E-state index in [2.05, 4.69) is 27.9 Å². The molecule has 172 valence electrons. The van der Waals surface area contributed by atoms with E-state index in [4.69, 9.17) is 16.3 Å². The molecule has 4 rings (SSSR count). The highest BCUT2D eigenvalue weighted by molar-refractivity contribution is 14.1. The summed E-state index contributed by atoms with van der Waals surface area (Å²) in [6.07, 6.45) is 0. The summed E-state index contributed by atoms with van der Waals surface area (Å²) in [5, 5.41) is 2.72. The third-order valence-electron chi connectivity index (χ3n) is 5.42. The predicted molar refractivity (Wildman–Crippen MR) is 140 cm³/mol. The van der Waals surface area contributed by atoms with Crippen molar-refractivity contribution >= 4 is 63.4 Å². The summed E-state index contributed by atoms with van der Waals surface area (Å²) in [4.78, 5) is 39.4. The van der Waals surface area contributed by atoms with Crippen LogP contribution >= 0.6 is 34.2 Å². The number of nitrogens with one attached hydrogen (secondary N) is 1. The van der Waals surface area contributed by atoms with Crippen molar-refractivity contribution in [1.29, 1.82) is 0 Å². The van der Waals surface area contributed by atoms with Crippen molar-refractivity contribution in [3.63, 3.8) is 0 Å². The topological polar surface area (TPSA) is 75.7 Å². The first-order valence-corrected chi connectivity index (χ1v) is 11.8. The summed E-state index contributed by atoms with van der Waals surface area (Å²) < 4.78 is 6.56. The molecular formula is C26H20ClIN2O4. The number of nitrogens with zero attached hydrogens (tertiary/aromatic N) is 1. The molecule has 2 amide bonds. The molecule has 0 atom stereocenters. The lowest BCUT2D eigenvalue weighted by molar-refractivity contribution is -0.120. The number of anilines is 2. The van der Waals surface area contributed by atoms with E-state index in [-0.39, 0.29) is 10.7 Å². The average molecular weight is 587 g/mol. The number of carbonyl (C=O) groups is 3. The van der Waals surface area contributed by atoms with Crippen LogP contribution in [0.25, 0.3) is 0 Å². The number of ether oxygens (including phenoxy) is 1. The zero-order chi connectivity index (χ0) is 24.6. The fourth-order valence-corrected chi connectivity index (χ4v) is 4.51. The van der Waals surface area contributed by atoms with Crippen molar-refractivity contribution in [3.8, 4) is 5.75 Å². The zero-order valence-corrected chi connectivity index (χ0v) is 21.5. The van der Waals surface area contributed by atoms with Gasteiger partial charge in [0.15, 0.2) is 0 Å². The van der Waals surface area contributed by atoms with E-state index in [0.29, 0.717) is 22.7 Å². The van der Waals surface area contributed by atoms with Gasteiger partial charge in [0.1, 0.15) is 16.5 Å². The number of carbonyl (C=O) groups excluding carboxylic acids is 3. The lowest BCUT2D eigenvalue weighted by Crippen LogP contribution is -2.32. The fourth-order valence-electron chi connectivity index (χ4n) is 3.65. The summed E-state index contributed by atoms with van der Waals surface area (Å²) in [5.41, 5.74) is 3.82. The highest BCUT2D eigenvalue weighted by Gasteiger charge is 2.39. The van der Waals surface area contributed by atoms with Crippen LogP contribution in [0.3, 0.4) is 0 Å². The Hall–Kier alpha value is -3.17.